The average molecular weight is 269 g/mol. The zero-order valence-electron chi connectivity index (χ0n) is 12.2. The highest BCUT2D eigenvalue weighted by Crippen LogP contribution is 2.39. The van der Waals surface area contributed by atoms with E-state index >= 15 is 0 Å². The van der Waals surface area contributed by atoms with Gasteiger partial charge < -0.3 is 9.84 Å². The number of carboxylic acids is 1. The molecule has 0 spiro atoms. The van der Waals surface area contributed by atoms with E-state index < -0.39 is 5.97 Å². The van der Waals surface area contributed by atoms with Crippen molar-refractivity contribution in [3.63, 3.8) is 0 Å². The molecule has 1 aliphatic heterocycles. The number of rotatable bonds is 5. The number of carbonyl (C=O) groups is 1. The largest absolute Gasteiger partial charge is 0.480 e. The Kier molecular flexibility index (Phi) is 5.22. The lowest BCUT2D eigenvalue weighted by molar-refractivity contribution is -0.151. The van der Waals surface area contributed by atoms with Crippen LogP contribution in [0.25, 0.3) is 0 Å². The molecule has 110 valence electrons. The summed E-state index contributed by atoms with van der Waals surface area (Å²) < 4.78 is 5.52. The van der Waals surface area contributed by atoms with E-state index in [4.69, 9.17) is 4.74 Å². The van der Waals surface area contributed by atoms with Crippen molar-refractivity contribution in [2.75, 3.05) is 13.2 Å². The van der Waals surface area contributed by atoms with E-state index in [0.29, 0.717) is 25.2 Å². The van der Waals surface area contributed by atoms with E-state index in [1.54, 1.807) is 0 Å². The van der Waals surface area contributed by atoms with Crippen LogP contribution in [0, 0.1) is 5.92 Å². The summed E-state index contributed by atoms with van der Waals surface area (Å²) in [6.07, 6.45) is 6.87. The van der Waals surface area contributed by atoms with Crippen LogP contribution >= 0.6 is 0 Å². The van der Waals surface area contributed by atoms with Crippen LogP contribution in [0.3, 0.4) is 0 Å². The van der Waals surface area contributed by atoms with Crippen LogP contribution in [0.4, 0.5) is 0 Å². The second-order valence-corrected chi connectivity index (χ2v) is 6.00. The summed E-state index contributed by atoms with van der Waals surface area (Å²) in [5.74, 6) is 0.0424. The number of piperidine rings is 1. The predicted molar refractivity (Wildman–Crippen MR) is 74.2 cm³/mol. The zero-order chi connectivity index (χ0) is 13.8. The maximum atomic E-state index is 11.5. The molecule has 0 aromatic heterocycles. The first-order chi connectivity index (χ1) is 9.15. The van der Waals surface area contributed by atoms with Crippen molar-refractivity contribution in [3.8, 4) is 0 Å². The quantitative estimate of drug-likeness (QED) is 0.833. The summed E-state index contributed by atoms with van der Waals surface area (Å²) in [7, 11) is 0. The maximum absolute atomic E-state index is 11.5. The molecule has 2 fully saturated rings. The number of aliphatic carboxylic acids is 1. The molecule has 2 rings (SSSR count). The fraction of sp³-hybridized carbons (Fsp3) is 0.933. The Bertz CT molecular complexity index is 308. The van der Waals surface area contributed by atoms with Gasteiger partial charge in [0.15, 0.2) is 0 Å². The van der Waals surface area contributed by atoms with Crippen molar-refractivity contribution in [1.82, 2.24) is 4.90 Å². The molecular formula is C15H27NO3. The van der Waals surface area contributed by atoms with E-state index in [1.165, 1.54) is 19.3 Å². The van der Waals surface area contributed by atoms with Crippen molar-refractivity contribution in [1.29, 1.82) is 0 Å². The number of carboxylic acid groups (broad SMARTS) is 1. The minimum Gasteiger partial charge on any atom is -0.480 e. The van der Waals surface area contributed by atoms with Gasteiger partial charge in [-0.05, 0) is 45.4 Å². The van der Waals surface area contributed by atoms with Gasteiger partial charge in [-0.15, -0.1) is 0 Å². The van der Waals surface area contributed by atoms with Gasteiger partial charge in [0.1, 0.15) is 6.04 Å². The molecule has 4 atom stereocenters. The molecule has 0 aromatic carbocycles. The lowest BCUT2D eigenvalue weighted by atomic mass is 9.75. The smallest absolute Gasteiger partial charge is 0.320 e. The fourth-order valence-electron chi connectivity index (χ4n) is 3.93. The number of ether oxygens (including phenoxy) is 1. The molecule has 4 nitrogen and oxygen atoms in total. The molecule has 4 unspecified atom stereocenters. The Morgan fingerprint density at radius 2 is 2.05 bits per heavy atom. The average Bonchev–Trinajstić information content (AvgIpc) is 2.43. The van der Waals surface area contributed by atoms with Crippen LogP contribution in [0.15, 0.2) is 0 Å². The van der Waals surface area contributed by atoms with Crippen molar-refractivity contribution >= 4 is 5.97 Å². The third kappa shape index (κ3) is 3.29. The first-order valence-electron chi connectivity index (χ1n) is 7.73. The Labute approximate surface area is 116 Å². The molecule has 2 aliphatic rings. The van der Waals surface area contributed by atoms with Gasteiger partial charge >= 0.3 is 5.97 Å². The van der Waals surface area contributed by atoms with E-state index in [2.05, 4.69) is 11.8 Å². The van der Waals surface area contributed by atoms with E-state index in [1.807, 2.05) is 6.92 Å². The molecule has 1 heterocycles. The fourth-order valence-corrected chi connectivity index (χ4v) is 3.93. The summed E-state index contributed by atoms with van der Waals surface area (Å²) >= 11 is 0. The molecule has 4 heteroatoms. The highest BCUT2D eigenvalue weighted by atomic mass is 16.5. The lowest BCUT2D eigenvalue weighted by Crippen LogP contribution is -2.59. The minimum atomic E-state index is -0.660. The molecule has 1 saturated carbocycles. The first kappa shape index (κ1) is 14.8. The number of fused-ring (bicyclic) bond motifs is 1. The van der Waals surface area contributed by atoms with Crippen molar-refractivity contribution < 1.29 is 14.6 Å². The normalized spacial score (nSPS) is 33.7. The molecule has 0 aromatic rings. The Hall–Kier alpha value is -0.610. The highest BCUT2D eigenvalue weighted by molar-refractivity contribution is 5.73. The van der Waals surface area contributed by atoms with Gasteiger partial charge in [0, 0.05) is 18.7 Å². The molecule has 0 amide bonds. The van der Waals surface area contributed by atoms with Crippen LogP contribution in [-0.4, -0.2) is 47.3 Å². The van der Waals surface area contributed by atoms with Crippen LogP contribution in [0.5, 0.6) is 0 Å². The lowest BCUT2D eigenvalue weighted by Gasteiger charge is -2.49. The highest BCUT2D eigenvalue weighted by Gasteiger charge is 2.43. The summed E-state index contributed by atoms with van der Waals surface area (Å²) in [6, 6.07) is 0.348. The van der Waals surface area contributed by atoms with E-state index in [0.717, 1.165) is 19.3 Å². The van der Waals surface area contributed by atoms with Crippen molar-refractivity contribution in [2.45, 2.75) is 70.5 Å². The molecule has 0 bridgehead atoms. The minimum absolute atomic E-state index is 0.201. The predicted octanol–water partition coefficient (Wildman–Crippen LogP) is 2.52. The van der Waals surface area contributed by atoms with Gasteiger partial charge in [0.05, 0.1) is 6.61 Å². The van der Waals surface area contributed by atoms with Crippen molar-refractivity contribution in [2.24, 2.45) is 5.92 Å². The molecule has 1 N–H and O–H groups in total. The van der Waals surface area contributed by atoms with Crippen LogP contribution < -0.4 is 0 Å². The Morgan fingerprint density at radius 3 is 2.74 bits per heavy atom. The van der Waals surface area contributed by atoms with Crippen LogP contribution in [0.2, 0.25) is 0 Å². The molecule has 1 aliphatic carbocycles. The molecule has 19 heavy (non-hydrogen) atoms. The number of likely N-dealkylation sites (tertiary alicyclic amines) is 1. The van der Waals surface area contributed by atoms with Gasteiger partial charge in [-0.1, -0.05) is 12.8 Å². The zero-order valence-corrected chi connectivity index (χ0v) is 12.2. The Morgan fingerprint density at radius 1 is 1.32 bits per heavy atom. The molecule has 1 saturated heterocycles. The molecule has 0 radical (unpaired) electrons. The number of nitrogens with zero attached hydrogens (tertiary/aromatic N) is 1. The summed E-state index contributed by atoms with van der Waals surface area (Å²) in [5.41, 5.74) is 0. The van der Waals surface area contributed by atoms with Gasteiger partial charge in [-0.25, -0.2) is 0 Å². The van der Waals surface area contributed by atoms with Gasteiger partial charge in [0.2, 0.25) is 0 Å². The van der Waals surface area contributed by atoms with Gasteiger partial charge in [-0.3, -0.25) is 9.69 Å². The standard InChI is InChI=1S/C15H27NO3/c1-3-19-10-11(2)16-13-7-5-4-6-12(13)8-9-14(16)15(17)18/h11-14H,3-10H2,1-2H3,(H,17,18). The summed E-state index contributed by atoms with van der Waals surface area (Å²) in [6.45, 7) is 5.44. The summed E-state index contributed by atoms with van der Waals surface area (Å²) in [5, 5.41) is 9.49. The van der Waals surface area contributed by atoms with E-state index in [-0.39, 0.29) is 12.1 Å². The topological polar surface area (TPSA) is 49.8 Å². The monoisotopic (exact) mass is 269 g/mol. The van der Waals surface area contributed by atoms with Gasteiger partial charge in [-0.2, -0.15) is 0 Å². The third-order valence-electron chi connectivity index (χ3n) is 4.78. The van der Waals surface area contributed by atoms with Crippen LogP contribution in [-0.2, 0) is 9.53 Å². The number of hydrogen-bond acceptors (Lipinski definition) is 3. The second kappa shape index (κ2) is 6.71. The van der Waals surface area contributed by atoms with Crippen LogP contribution in [0.1, 0.15) is 52.4 Å². The first-order valence-corrected chi connectivity index (χ1v) is 7.73. The van der Waals surface area contributed by atoms with Gasteiger partial charge in [0.25, 0.3) is 0 Å². The number of hydrogen-bond donors (Lipinski definition) is 1. The maximum Gasteiger partial charge on any atom is 0.320 e. The Balaban J connectivity index is 2.11. The van der Waals surface area contributed by atoms with Crippen molar-refractivity contribution in [3.05, 3.63) is 0 Å². The summed E-state index contributed by atoms with van der Waals surface area (Å²) in [4.78, 5) is 13.8. The van der Waals surface area contributed by atoms with E-state index in [9.17, 15) is 9.90 Å². The SMILES string of the molecule is CCOCC(C)N1C(C(=O)O)CCC2CCCCC21. The third-order valence-corrected chi connectivity index (χ3v) is 4.78. The molecular weight excluding hydrogens is 242 g/mol. The second-order valence-electron chi connectivity index (χ2n) is 6.00.